The van der Waals surface area contributed by atoms with Crippen molar-refractivity contribution in [2.24, 2.45) is 0 Å². The predicted octanol–water partition coefficient (Wildman–Crippen LogP) is 2.38. The Labute approximate surface area is 106 Å². The number of ether oxygens (including phenoxy) is 1. The van der Waals surface area contributed by atoms with Crippen molar-refractivity contribution in [2.45, 2.75) is 6.92 Å². The van der Waals surface area contributed by atoms with Crippen LogP contribution in [0.15, 0.2) is 36.7 Å². The molecule has 94 valence electrons. The highest BCUT2D eigenvalue weighted by molar-refractivity contribution is 5.87. The zero-order valence-electron chi connectivity index (χ0n) is 10.5. The molecule has 2 rings (SSSR count). The molecular formula is C13H16N4O. The van der Waals surface area contributed by atoms with Crippen LogP contribution in [0.1, 0.15) is 6.92 Å². The van der Waals surface area contributed by atoms with Crippen LogP contribution in [0.2, 0.25) is 0 Å². The maximum atomic E-state index is 7.71. The van der Waals surface area contributed by atoms with E-state index in [1.165, 1.54) is 0 Å². The molecule has 2 aromatic rings. The molecule has 0 saturated heterocycles. The number of rotatable bonds is 4. The largest absolute Gasteiger partial charge is 0.440 e. The number of fused-ring (bicyclic) bond motifs is 1. The van der Waals surface area contributed by atoms with Crippen LogP contribution in [0.5, 0.6) is 5.75 Å². The van der Waals surface area contributed by atoms with Gasteiger partial charge >= 0.3 is 0 Å². The summed E-state index contributed by atoms with van der Waals surface area (Å²) in [5.41, 5.74) is 0.954. The van der Waals surface area contributed by atoms with Gasteiger partial charge in [-0.05, 0) is 25.1 Å². The molecule has 0 fully saturated rings. The molecule has 0 aliphatic rings. The average Bonchev–Trinajstić information content (AvgIpc) is 2.83. The van der Waals surface area contributed by atoms with E-state index >= 15 is 0 Å². The van der Waals surface area contributed by atoms with Crippen LogP contribution < -0.4 is 4.74 Å². The number of benzene rings is 1. The molecule has 1 heterocycles. The monoisotopic (exact) mass is 244 g/mol. The normalized spacial score (nSPS) is 11.0. The van der Waals surface area contributed by atoms with Gasteiger partial charge in [-0.15, -0.1) is 0 Å². The zero-order valence-corrected chi connectivity index (χ0v) is 10.5. The van der Waals surface area contributed by atoms with Crippen molar-refractivity contribution in [1.82, 2.24) is 15.1 Å². The van der Waals surface area contributed by atoms with Gasteiger partial charge in [0.25, 0.3) is 0 Å². The summed E-state index contributed by atoms with van der Waals surface area (Å²) in [5, 5.41) is 15.5. The van der Waals surface area contributed by atoms with Gasteiger partial charge in [0.2, 0.25) is 5.90 Å². The first-order chi connectivity index (χ1) is 8.69. The summed E-state index contributed by atoms with van der Waals surface area (Å²) in [6, 6.07) is 5.55. The minimum Gasteiger partial charge on any atom is -0.440 e. The highest BCUT2D eigenvalue weighted by Crippen LogP contribution is 2.18. The molecule has 5 heteroatoms. The molecule has 2 N–H and O–H groups in total. The molecule has 0 bridgehead atoms. The van der Waals surface area contributed by atoms with Gasteiger partial charge in [0.15, 0.2) is 0 Å². The lowest BCUT2D eigenvalue weighted by atomic mass is 10.2. The maximum Gasteiger partial charge on any atom is 0.213 e. The average molecular weight is 244 g/mol. The van der Waals surface area contributed by atoms with E-state index in [1.807, 2.05) is 43.3 Å². The van der Waals surface area contributed by atoms with Crippen LogP contribution in [0.3, 0.4) is 0 Å². The summed E-state index contributed by atoms with van der Waals surface area (Å²) in [5.74, 6) is 0.746. The van der Waals surface area contributed by atoms with E-state index in [1.54, 1.807) is 12.3 Å². The smallest absolute Gasteiger partial charge is 0.213 e. The third-order valence-corrected chi connectivity index (χ3v) is 2.62. The molecule has 5 nitrogen and oxygen atoms in total. The third-order valence-electron chi connectivity index (χ3n) is 2.62. The Bertz CT molecular complexity index is 573. The van der Waals surface area contributed by atoms with E-state index in [4.69, 9.17) is 10.1 Å². The van der Waals surface area contributed by atoms with Crippen LogP contribution >= 0.6 is 0 Å². The molecule has 0 radical (unpaired) electrons. The molecule has 0 amide bonds. The molecule has 0 atom stereocenters. The Morgan fingerprint density at radius 2 is 2.39 bits per heavy atom. The van der Waals surface area contributed by atoms with E-state index in [-0.39, 0.29) is 5.90 Å². The minimum atomic E-state index is 0.109. The van der Waals surface area contributed by atoms with Crippen LogP contribution in [0.4, 0.5) is 0 Å². The van der Waals surface area contributed by atoms with Gasteiger partial charge in [0.05, 0.1) is 11.7 Å². The van der Waals surface area contributed by atoms with Crippen LogP contribution in [0.25, 0.3) is 10.9 Å². The van der Waals surface area contributed by atoms with Crippen molar-refractivity contribution in [1.29, 1.82) is 5.41 Å². The van der Waals surface area contributed by atoms with E-state index in [0.29, 0.717) is 5.75 Å². The maximum absolute atomic E-state index is 7.71. The van der Waals surface area contributed by atoms with Crippen molar-refractivity contribution < 1.29 is 4.74 Å². The first kappa shape index (κ1) is 12.2. The molecular weight excluding hydrogens is 228 g/mol. The quantitative estimate of drug-likeness (QED) is 0.641. The van der Waals surface area contributed by atoms with Crippen LogP contribution in [-0.2, 0) is 0 Å². The van der Waals surface area contributed by atoms with Gasteiger partial charge in [-0.2, -0.15) is 5.10 Å². The molecule has 0 unspecified atom stereocenters. The molecule has 18 heavy (non-hydrogen) atoms. The Morgan fingerprint density at radius 3 is 3.17 bits per heavy atom. The fourth-order valence-corrected chi connectivity index (χ4v) is 1.45. The fraction of sp³-hybridized carbons (Fsp3) is 0.231. The highest BCUT2D eigenvalue weighted by atomic mass is 16.5. The molecule has 1 aromatic carbocycles. The van der Waals surface area contributed by atoms with Gasteiger partial charge in [0.1, 0.15) is 5.75 Å². The van der Waals surface area contributed by atoms with Gasteiger partial charge in [-0.25, -0.2) is 0 Å². The first-order valence-electron chi connectivity index (χ1n) is 5.77. The molecule has 0 aliphatic carbocycles. The Kier molecular flexibility index (Phi) is 3.62. The number of aromatic nitrogens is 2. The minimum absolute atomic E-state index is 0.109. The van der Waals surface area contributed by atoms with Gasteiger partial charge in [0, 0.05) is 31.3 Å². The standard InChI is InChI=1S/C13H16N4O/c1-3-17(2)7-6-13(14)18-11-4-5-12-10(8-11)9-15-16-12/h4-9,14H,3H2,1-2H3,(H,15,16)/b7-6-,14-13?. The summed E-state index contributed by atoms with van der Waals surface area (Å²) in [6.07, 6.45) is 5.17. The summed E-state index contributed by atoms with van der Waals surface area (Å²) >= 11 is 0. The van der Waals surface area contributed by atoms with Crippen LogP contribution in [-0.4, -0.2) is 34.6 Å². The number of H-pyrrole nitrogens is 1. The molecule has 0 aliphatic heterocycles. The number of nitrogens with zero attached hydrogens (tertiary/aromatic N) is 2. The van der Waals surface area contributed by atoms with Crippen LogP contribution in [0, 0.1) is 5.41 Å². The Balaban J connectivity index is 2.04. The number of nitrogens with one attached hydrogen (secondary N) is 2. The zero-order chi connectivity index (χ0) is 13.0. The second kappa shape index (κ2) is 5.35. The fourth-order valence-electron chi connectivity index (χ4n) is 1.45. The van der Waals surface area contributed by atoms with Gasteiger partial charge in [-0.3, -0.25) is 10.5 Å². The molecule has 0 spiro atoms. The molecule has 1 aromatic heterocycles. The van der Waals surface area contributed by atoms with E-state index in [2.05, 4.69) is 10.2 Å². The van der Waals surface area contributed by atoms with Gasteiger partial charge in [-0.1, -0.05) is 0 Å². The number of hydrogen-bond acceptors (Lipinski definition) is 4. The lowest BCUT2D eigenvalue weighted by molar-refractivity contribution is 0.482. The molecule has 0 saturated carbocycles. The number of hydrogen-bond donors (Lipinski definition) is 2. The second-order valence-corrected chi connectivity index (χ2v) is 3.97. The lowest BCUT2D eigenvalue weighted by Gasteiger charge is -2.09. The van der Waals surface area contributed by atoms with Gasteiger partial charge < -0.3 is 9.64 Å². The highest BCUT2D eigenvalue weighted by Gasteiger charge is 2.00. The van der Waals surface area contributed by atoms with Crippen molar-refractivity contribution in [2.75, 3.05) is 13.6 Å². The van der Waals surface area contributed by atoms with Crippen molar-refractivity contribution in [3.63, 3.8) is 0 Å². The Hall–Kier alpha value is -2.30. The van der Waals surface area contributed by atoms with Crippen molar-refractivity contribution in [3.8, 4) is 5.75 Å². The summed E-state index contributed by atoms with van der Waals surface area (Å²) in [7, 11) is 1.95. The number of aromatic amines is 1. The Morgan fingerprint density at radius 1 is 1.56 bits per heavy atom. The van der Waals surface area contributed by atoms with Crippen molar-refractivity contribution >= 4 is 16.8 Å². The SMILES string of the molecule is CCN(C)/C=C\C(=N)Oc1ccc2[nH]ncc2c1. The van der Waals surface area contributed by atoms with E-state index < -0.39 is 0 Å². The van der Waals surface area contributed by atoms with E-state index in [0.717, 1.165) is 17.4 Å². The lowest BCUT2D eigenvalue weighted by Crippen LogP contribution is -2.11. The first-order valence-corrected chi connectivity index (χ1v) is 5.77. The predicted molar refractivity (Wildman–Crippen MR) is 71.9 cm³/mol. The topological polar surface area (TPSA) is 65.0 Å². The summed E-state index contributed by atoms with van der Waals surface area (Å²) < 4.78 is 5.41. The third kappa shape index (κ3) is 2.88. The van der Waals surface area contributed by atoms with E-state index in [9.17, 15) is 0 Å². The second-order valence-electron chi connectivity index (χ2n) is 3.97. The summed E-state index contributed by atoms with van der Waals surface area (Å²) in [4.78, 5) is 1.97. The van der Waals surface area contributed by atoms with Crippen molar-refractivity contribution in [3.05, 3.63) is 36.7 Å². The summed E-state index contributed by atoms with van der Waals surface area (Å²) in [6.45, 7) is 2.94.